The first-order valence-corrected chi connectivity index (χ1v) is 6.68. The van der Waals surface area contributed by atoms with Crippen LogP contribution in [0.1, 0.15) is 29.0 Å². The van der Waals surface area contributed by atoms with Gasteiger partial charge in [0, 0.05) is 23.0 Å². The van der Waals surface area contributed by atoms with Crippen LogP contribution >= 0.6 is 11.3 Å². The van der Waals surface area contributed by atoms with Gasteiger partial charge in [-0.25, -0.2) is 8.78 Å². The van der Waals surface area contributed by atoms with Gasteiger partial charge < -0.3 is 5.32 Å². The summed E-state index contributed by atoms with van der Waals surface area (Å²) in [5.41, 5.74) is 1.31. The summed E-state index contributed by atoms with van der Waals surface area (Å²) < 4.78 is 27.1. The monoisotopic (exact) mass is 267 g/mol. The molecule has 4 heteroatoms. The summed E-state index contributed by atoms with van der Waals surface area (Å²) in [4.78, 5) is 1.19. The van der Waals surface area contributed by atoms with Crippen molar-refractivity contribution in [3.63, 3.8) is 0 Å². The van der Waals surface area contributed by atoms with Crippen LogP contribution in [-0.2, 0) is 6.54 Å². The Labute approximate surface area is 109 Å². The molecule has 0 fully saturated rings. The molecule has 1 nitrogen and oxygen atoms in total. The summed E-state index contributed by atoms with van der Waals surface area (Å²) in [5, 5.41) is 5.17. The van der Waals surface area contributed by atoms with Crippen LogP contribution < -0.4 is 5.32 Å². The fourth-order valence-electron chi connectivity index (χ4n) is 1.86. The van der Waals surface area contributed by atoms with Crippen molar-refractivity contribution in [2.24, 2.45) is 0 Å². The smallest absolute Gasteiger partial charge is 0.130 e. The normalized spacial score (nSPS) is 12.7. The minimum absolute atomic E-state index is 0.103. The fraction of sp³-hybridized carbons (Fsp3) is 0.286. The van der Waals surface area contributed by atoms with E-state index in [2.05, 4.69) is 5.32 Å². The number of aryl methyl sites for hydroxylation is 1. The summed E-state index contributed by atoms with van der Waals surface area (Å²) in [6, 6.07) is 5.63. The largest absolute Gasteiger partial charge is 0.305 e. The van der Waals surface area contributed by atoms with Crippen molar-refractivity contribution in [3.05, 3.63) is 57.3 Å². The molecule has 96 valence electrons. The molecule has 1 N–H and O–H groups in total. The highest BCUT2D eigenvalue weighted by molar-refractivity contribution is 7.10. The first-order valence-electron chi connectivity index (χ1n) is 5.80. The molecule has 0 amide bonds. The molecule has 1 heterocycles. The van der Waals surface area contributed by atoms with E-state index in [4.69, 9.17) is 0 Å². The summed E-state index contributed by atoms with van der Waals surface area (Å²) in [5.74, 6) is -1.00. The molecule has 0 radical (unpaired) electrons. The van der Waals surface area contributed by atoms with Gasteiger partial charge in [0.05, 0.1) is 0 Å². The van der Waals surface area contributed by atoms with Crippen LogP contribution in [0.25, 0.3) is 0 Å². The molecular formula is C14H15F2NS. The first-order chi connectivity index (χ1) is 8.59. The molecule has 1 aromatic heterocycles. The summed E-state index contributed by atoms with van der Waals surface area (Å²) >= 11 is 1.65. The van der Waals surface area contributed by atoms with Gasteiger partial charge in [-0.1, -0.05) is 6.07 Å². The molecular weight excluding hydrogens is 252 g/mol. The Morgan fingerprint density at radius 3 is 2.44 bits per heavy atom. The Hall–Kier alpha value is -1.26. The number of benzene rings is 1. The number of thiophene rings is 1. The van der Waals surface area contributed by atoms with Gasteiger partial charge in [0.25, 0.3) is 0 Å². The summed E-state index contributed by atoms with van der Waals surface area (Å²) in [6.07, 6.45) is 0. The number of hydrogen-bond acceptors (Lipinski definition) is 2. The zero-order valence-corrected chi connectivity index (χ0v) is 11.2. The van der Waals surface area contributed by atoms with Crippen LogP contribution in [0.3, 0.4) is 0 Å². The zero-order chi connectivity index (χ0) is 13.1. The van der Waals surface area contributed by atoms with E-state index in [1.807, 2.05) is 18.4 Å². The molecule has 18 heavy (non-hydrogen) atoms. The first kappa shape index (κ1) is 13.2. The second-order valence-corrected chi connectivity index (χ2v) is 5.27. The lowest BCUT2D eigenvalue weighted by atomic mass is 10.1. The quantitative estimate of drug-likeness (QED) is 0.876. The number of halogens is 2. The van der Waals surface area contributed by atoms with Crippen molar-refractivity contribution >= 4 is 11.3 Å². The van der Waals surface area contributed by atoms with Gasteiger partial charge in [-0.2, -0.15) is 0 Å². The lowest BCUT2D eigenvalue weighted by Gasteiger charge is -2.15. The molecule has 2 rings (SSSR count). The third-order valence-electron chi connectivity index (χ3n) is 2.97. The maximum atomic E-state index is 13.6. The predicted octanol–water partition coefficient (Wildman–Crippen LogP) is 4.19. The summed E-state index contributed by atoms with van der Waals surface area (Å²) in [6.45, 7) is 4.42. The minimum Gasteiger partial charge on any atom is -0.305 e. The third kappa shape index (κ3) is 2.76. The van der Waals surface area contributed by atoms with E-state index in [-0.39, 0.29) is 11.6 Å². The second-order valence-electron chi connectivity index (χ2n) is 4.26. The lowest BCUT2D eigenvalue weighted by molar-refractivity contribution is 0.488. The van der Waals surface area contributed by atoms with Crippen molar-refractivity contribution in [1.82, 2.24) is 5.32 Å². The van der Waals surface area contributed by atoms with Crippen molar-refractivity contribution in [2.45, 2.75) is 26.4 Å². The maximum absolute atomic E-state index is 13.6. The van der Waals surface area contributed by atoms with Crippen LogP contribution in [0.2, 0.25) is 0 Å². The van der Waals surface area contributed by atoms with Crippen LogP contribution in [0, 0.1) is 18.6 Å². The minimum atomic E-state index is -0.502. The van der Waals surface area contributed by atoms with E-state index < -0.39 is 11.6 Å². The maximum Gasteiger partial charge on any atom is 0.130 e. The van der Waals surface area contributed by atoms with Crippen molar-refractivity contribution in [1.29, 1.82) is 0 Å². The highest BCUT2D eigenvalue weighted by Crippen LogP contribution is 2.22. The Morgan fingerprint density at radius 1 is 1.22 bits per heavy atom. The van der Waals surface area contributed by atoms with Gasteiger partial charge in [0.2, 0.25) is 0 Å². The van der Waals surface area contributed by atoms with Crippen LogP contribution in [-0.4, -0.2) is 0 Å². The Kier molecular flexibility index (Phi) is 4.09. The van der Waals surface area contributed by atoms with Crippen LogP contribution in [0.15, 0.2) is 29.6 Å². The van der Waals surface area contributed by atoms with Crippen molar-refractivity contribution in [2.75, 3.05) is 0 Å². The van der Waals surface area contributed by atoms with E-state index in [9.17, 15) is 8.78 Å². The van der Waals surface area contributed by atoms with E-state index in [1.54, 1.807) is 18.3 Å². The Bertz CT molecular complexity index is 516. The van der Waals surface area contributed by atoms with Gasteiger partial charge in [0.1, 0.15) is 11.6 Å². The Balaban J connectivity index is 2.08. The second kappa shape index (κ2) is 5.59. The van der Waals surface area contributed by atoms with Gasteiger partial charge in [-0.3, -0.25) is 0 Å². The fourth-order valence-corrected chi connectivity index (χ4v) is 2.71. The molecule has 0 saturated carbocycles. The number of rotatable bonds is 4. The van der Waals surface area contributed by atoms with Crippen molar-refractivity contribution < 1.29 is 8.78 Å². The molecule has 0 saturated heterocycles. The molecule has 0 spiro atoms. The highest BCUT2D eigenvalue weighted by atomic mass is 32.1. The van der Waals surface area contributed by atoms with Crippen LogP contribution in [0.5, 0.6) is 0 Å². The van der Waals surface area contributed by atoms with Gasteiger partial charge in [0.15, 0.2) is 0 Å². The molecule has 0 aliphatic heterocycles. The van der Waals surface area contributed by atoms with Gasteiger partial charge in [-0.05, 0) is 43.0 Å². The Morgan fingerprint density at radius 2 is 1.89 bits per heavy atom. The molecule has 1 aromatic carbocycles. The molecule has 2 aromatic rings. The van der Waals surface area contributed by atoms with E-state index in [0.717, 1.165) is 0 Å². The third-order valence-corrected chi connectivity index (χ3v) is 3.99. The standard InChI is InChI=1S/C14H15F2NS/c1-9-6-7-18-13(9)8-17-10(2)14-11(15)4-3-5-12(14)16/h3-7,10,17H,8H2,1-2H3. The zero-order valence-electron chi connectivity index (χ0n) is 10.3. The lowest BCUT2D eigenvalue weighted by Crippen LogP contribution is -2.20. The van der Waals surface area contributed by atoms with E-state index in [0.29, 0.717) is 6.54 Å². The average Bonchev–Trinajstić information content (AvgIpc) is 2.72. The topological polar surface area (TPSA) is 12.0 Å². The van der Waals surface area contributed by atoms with E-state index in [1.165, 1.54) is 28.6 Å². The van der Waals surface area contributed by atoms with E-state index >= 15 is 0 Å². The van der Waals surface area contributed by atoms with Crippen LogP contribution in [0.4, 0.5) is 8.78 Å². The SMILES string of the molecule is Cc1ccsc1CNC(C)c1c(F)cccc1F. The molecule has 0 bridgehead atoms. The molecule has 1 unspecified atom stereocenters. The molecule has 0 aliphatic carbocycles. The van der Waals surface area contributed by atoms with Gasteiger partial charge >= 0.3 is 0 Å². The number of nitrogens with one attached hydrogen (secondary N) is 1. The molecule has 0 aliphatic rings. The predicted molar refractivity (Wildman–Crippen MR) is 70.7 cm³/mol. The summed E-state index contributed by atoms with van der Waals surface area (Å²) in [7, 11) is 0. The van der Waals surface area contributed by atoms with Gasteiger partial charge in [-0.15, -0.1) is 11.3 Å². The number of hydrogen-bond donors (Lipinski definition) is 1. The van der Waals surface area contributed by atoms with Crippen molar-refractivity contribution in [3.8, 4) is 0 Å². The highest BCUT2D eigenvalue weighted by Gasteiger charge is 2.15. The molecule has 1 atom stereocenters. The average molecular weight is 267 g/mol.